The minimum absolute atomic E-state index is 0.382. The van der Waals surface area contributed by atoms with Crippen LogP contribution in [-0.4, -0.2) is 13.2 Å². The number of unbranched alkanes of at least 4 members (excludes halogenated alkanes) is 2. The van der Waals surface area contributed by atoms with Crippen LogP contribution in [0.4, 0.5) is 30.9 Å². The van der Waals surface area contributed by atoms with Gasteiger partial charge in [-0.15, -0.1) is 0 Å². The SMILES string of the molecule is CCCCOc1cc(Sc2ccc(Cl)cc2)c(OCCCC)cc1[N+]#N.F[P-](F)(F)(F)(F)F. The third kappa shape index (κ3) is 14.8. The molecule has 13 heteroatoms. The Bertz CT molecular complexity index is 943. The first-order valence-electron chi connectivity index (χ1n) is 9.91. The molecule has 0 bridgehead atoms. The van der Waals surface area contributed by atoms with Gasteiger partial charge in [0.1, 0.15) is 5.75 Å². The molecule has 0 amide bonds. The standard InChI is InChI=1S/C20H24ClN2O2S.F6P/c1-3-5-11-24-18-14-20(26-16-9-7-15(21)8-10-16)19(13-17(18)23-22)25-12-6-4-2;1-7(2,3,4,5)6/h7-10,13-14H,3-6,11-12H2,1-2H3;/q+1;-1. The summed E-state index contributed by atoms with van der Waals surface area (Å²) in [5, 5.41) is 10.1. The minimum atomic E-state index is -10.7. The normalized spacial score (nSPS) is 13.1. The fourth-order valence-electron chi connectivity index (χ4n) is 2.20. The van der Waals surface area contributed by atoms with Gasteiger partial charge in [0, 0.05) is 16.0 Å². The van der Waals surface area contributed by atoms with Crippen LogP contribution in [0.25, 0.3) is 4.98 Å². The van der Waals surface area contributed by atoms with E-state index in [9.17, 15) is 30.6 Å². The molecule has 4 nitrogen and oxygen atoms in total. The Kier molecular flexibility index (Phi) is 10.2. The van der Waals surface area contributed by atoms with Crippen molar-refractivity contribution in [1.29, 1.82) is 5.39 Å². The molecule has 0 N–H and O–H groups in total. The number of benzene rings is 2. The Morgan fingerprint density at radius 2 is 1.36 bits per heavy atom. The summed E-state index contributed by atoms with van der Waals surface area (Å²) in [5.41, 5.74) is 0.382. The average Bonchev–Trinajstić information content (AvgIpc) is 2.69. The molecular weight excluding hydrogens is 513 g/mol. The van der Waals surface area contributed by atoms with Crippen LogP contribution in [0.15, 0.2) is 46.2 Å². The van der Waals surface area contributed by atoms with Gasteiger partial charge in [0.25, 0.3) is 0 Å². The maximum absolute atomic E-state index is 10.7. The second kappa shape index (κ2) is 11.5. The van der Waals surface area contributed by atoms with E-state index in [4.69, 9.17) is 21.1 Å². The molecule has 0 aliphatic carbocycles. The fourth-order valence-corrected chi connectivity index (χ4v) is 3.24. The summed E-state index contributed by atoms with van der Waals surface area (Å²) in [4.78, 5) is 5.33. The van der Waals surface area contributed by atoms with Gasteiger partial charge >= 0.3 is 38.7 Å². The first-order valence-corrected chi connectivity index (χ1v) is 13.1. The van der Waals surface area contributed by atoms with Crippen molar-refractivity contribution in [2.75, 3.05) is 13.2 Å². The molecule has 2 aromatic carbocycles. The number of ether oxygens (including phenoxy) is 2. The molecule has 0 aromatic heterocycles. The van der Waals surface area contributed by atoms with Crippen molar-refractivity contribution in [3.8, 4) is 11.5 Å². The van der Waals surface area contributed by atoms with Gasteiger partial charge in [0.05, 0.1) is 24.2 Å². The second-order valence-electron chi connectivity index (χ2n) is 6.78. The molecule has 186 valence electrons. The summed E-state index contributed by atoms with van der Waals surface area (Å²) < 4.78 is 70.9. The number of hydrogen-bond acceptors (Lipinski definition) is 4. The molecule has 0 saturated carbocycles. The quantitative estimate of drug-likeness (QED) is 0.131. The molecule has 0 aliphatic rings. The summed E-state index contributed by atoms with van der Waals surface area (Å²) in [5.74, 6) is 1.24. The van der Waals surface area contributed by atoms with Crippen molar-refractivity contribution in [1.82, 2.24) is 0 Å². The van der Waals surface area contributed by atoms with E-state index in [1.807, 2.05) is 30.3 Å². The number of diazo groups is 1. The Hall–Kier alpha value is -1.89. The van der Waals surface area contributed by atoms with Gasteiger partial charge in [0.15, 0.2) is 4.98 Å². The predicted octanol–water partition coefficient (Wildman–Crippen LogP) is 10.7. The van der Waals surface area contributed by atoms with Crippen molar-refractivity contribution in [3.05, 3.63) is 46.4 Å². The van der Waals surface area contributed by atoms with Crippen molar-refractivity contribution in [2.45, 2.75) is 49.3 Å². The zero-order valence-electron chi connectivity index (χ0n) is 17.9. The number of rotatable bonds is 10. The monoisotopic (exact) mass is 536 g/mol. The van der Waals surface area contributed by atoms with Gasteiger partial charge in [0.2, 0.25) is 11.1 Å². The van der Waals surface area contributed by atoms with Crippen LogP contribution < -0.4 is 9.47 Å². The van der Waals surface area contributed by atoms with Crippen LogP contribution in [0.2, 0.25) is 5.02 Å². The average molecular weight is 537 g/mol. The van der Waals surface area contributed by atoms with Gasteiger partial charge in [-0.2, -0.15) is 0 Å². The Balaban J connectivity index is 0.000000675. The maximum atomic E-state index is 9.87. The molecule has 0 heterocycles. The Morgan fingerprint density at radius 3 is 1.82 bits per heavy atom. The van der Waals surface area contributed by atoms with E-state index >= 15 is 0 Å². The summed E-state index contributed by atoms with van der Waals surface area (Å²) in [6, 6.07) is 11.3. The van der Waals surface area contributed by atoms with Crippen molar-refractivity contribution >= 4 is 36.9 Å². The number of halogens is 7. The van der Waals surface area contributed by atoms with Crippen LogP contribution in [0.1, 0.15) is 39.5 Å². The zero-order valence-corrected chi connectivity index (χ0v) is 20.4. The van der Waals surface area contributed by atoms with E-state index in [0.29, 0.717) is 35.4 Å². The molecule has 0 atom stereocenters. The van der Waals surface area contributed by atoms with Gasteiger partial charge in [-0.05, 0) is 37.1 Å². The molecule has 2 rings (SSSR count). The van der Waals surface area contributed by atoms with Gasteiger partial charge in [-0.1, -0.05) is 50.1 Å². The third-order valence-corrected chi connectivity index (χ3v) is 4.98. The molecule has 0 saturated heterocycles. The third-order valence-electron chi connectivity index (χ3n) is 3.69. The van der Waals surface area contributed by atoms with E-state index < -0.39 is 7.81 Å². The Labute approximate surface area is 197 Å². The number of nitrogens with zero attached hydrogens (tertiary/aromatic N) is 2. The summed E-state index contributed by atoms with van der Waals surface area (Å²) in [7, 11) is -10.7. The second-order valence-corrected chi connectivity index (χ2v) is 10.3. The van der Waals surface area contributed by atoms with E-state index in [1.54, 1.807) is 17.8 Å². The van der Waals surface area contributed by atoms with Crippen LogP contribution in [0.3, 0.4) is 0 Å². The Morgan fingerprint density at radius 1 is 0.879 bits per heavy atom. The van der Waals surface area contributed by atoms with Gasteiger partial charge in [-0.3, -0.25) is 0 Å². The van der Waals surface area contributed by atoms with E-state index in [0.717, 1.165) is 35.5 Å². The van der Waals surface area contributed by atoms with Crippen molar-refractivity contribution < 1.29 is 34.7 Å². The zero-order chi connectivity index (χ0) is 25.2. The first-order chi connectivity index (χ1) is 15.1. The van der Waals surface area contributed by atoms with E-state index in [2.05, 4.69) is 18.8 Å². The molecule has 0 unspecified atom stereocenters. The topological polar surface area (TPSA) is 46.6 Å². The van der Waals surface area contributed by atoms with Crippen LogP contribution in [-0.2, 0) is 0 Å². The first kappa shape index (κ1) is 29.1. The molecule has 0 fully saturated rings. The summed E-state index contributed by atoms with van der Waals surface area (Å²) in [6.07, 6.45) is 4.00. The molecule has 0 radical (unpaired) electrons. The van der Waals surface area contributed by atoms with Crippen LogP contribution in [0, 0.1) is 5.39 Å². The van der Waals surface area contributed by atoms with Crippen LogP contribution >= 0.6 is 31.2 Å². The van der Waals surface area contributed by atoms with E-state index in [1.165, 1.54) is 0 Å². The number of hydrogen-bond donors (Lipinski definition) is 0. The predicted molar refractivity (Wildman–Crippen MR) is 121 cm³/mol. The van der Waals surface area contributed by atoms with Crippen molar-refractivity contribution in [3.63, 3.8) is 0 Å². The van der Waals surface area contributed by atoms with Crippen LogP contribution in [0.5, 0.6) is 11.5 Å². The van der Waals surface area contributed by atoms with E-state index in [-0.39, 0.29) is 0 Å². The summed E-state index contributed by atoms with van der Waals surface area (Å²) in [6.45, 7) is 5.42. The summed E-state index contributed by atoms with van der Waals surface area (Å²) >= 11 is 7.54. The fraction of sp³-hybridized carbons (Fsp3) is 0.400. The molecule has 33 heavy (non-hydrogen) atoms. The molecular formula is C20H24ClF6N2O2PS. The van der Waals surface area contributed by atoms with Crippen molar-refractivity contribution in [2.24, 2.45) is 0 Å². The molecule has 0 spiro atoms. The molecule has 2 aromatic rings. The molecule has 0 aliphatic heterocycles. The van der Waals surface area contributed by atoms with Gasteiger partial charge < -0.3 is 9.47 Å². The van der Waals surface area contributed by atoms with Gasteiger partial charge in [-0.25, -0.2) is 0 Å².